The maximum atomic E-state index is 12.6. The van der Waals surface area contributed by atoms with Gasteiger partial charge in [0.1, 0.15) is 16.3 Å². The van der Waals surface area contributed by atoms with Crippen molar-refractivity contribution in [2.75, 3.05) is 5.32 Å². The van der Waals surface area contributed by atoms with Crippen LogP contribution < -0.4 is 16.7 Å². The average Bonchev–Trinajstić information content (AvgIpc) is 3.05. The molecule has 0 spiro atoms. The number of carbonyl (C=O) groups is 1. The molecule has 6 nitrogen and oxygen atoms in total. The molecule has 0 unspecified atom stereocenters. The molecule has 27 heavy (non-hydrogen) atoms. The summed E-state index contributed by atoms with van der Waals surface area (Å²) in [6, 6.07) is 4.81. The monoisotopic (exact) mass is 407 g/mol. The van der Waals surface area contributed by atoms with Crippen LogP contribution in [0.5, 0.6) is 0 Å². The van der Waals surface area contributed by atoms with Crippen molar-refractivity contribution in [2.45, 2.75) is 33.7 Å². The zero-order valence-electron chi connectivity index (χ0n) is 15.5. The second-order valence-electron chi connectivity index (χ2n) is 6.71. The number of nitrogens with zero attached hydrogens (tertiary/aromatic N) is 1. The Bertz CT molecular complexity index is 1040. The number of fused-ring (bicyclic) bond motifs is 1. The Labute approximate surface area is 167 Å². The van der Waals surface area contributed by atoms with Gasteiger partial charge in [0.05, 0.1) is 6.04 Å². The first-order valence-corrected chi connectivity index (χ1v) is 9.21. The number of nitrogens with two attached hydrogens (primary N) is 1. The van der Waals surface area contributed by atoms with Crippen LogP contribution in [-0.4, -0.2) is 10.9 Å². The topological polar surface area (TPSA) is 98.2 Å². The van der Waals surface area contributed by atoms with E-state index in [0.29, 0.717) is 17.0 Å². The van der Waals surface area contributed by atoms with Gasteiger partial charge in [-0.25, -0.2) is 9.78 Å². The Morgan fingerprint density at radius 3 is 2.59 bits per heavy atom. The minimum absolute atomic E-state index is 0. The van der Waals surface area contributed by atoms with Gasteiger partial charge in [-0.05, 0) is 43.0 Å². The Balaban J connectivity index is 0.00000261. The number of anilines is 1. The molecular weight excluding hydrogens is 386 g/mol. The molecule has 0 bridgehead atoms. The first kappa shape index (κ1) is 21.1. The Morgan fingerprint density at radius 2 is 1.93 bits per heavy atom. The average molecular weight is 408 g/mol. The minimum atomic E-state index is -0.386. The third-order valence-electron chi connectivity index (χ3n) is 4.30. The van der Waals surface area contributed by atoms with Crippen molar-refractivity contribution in [3.63, 3.8) is 0 Å². The molecule has 1 atom stereocenters. The number of halogens is 1. The number of aromatic nitrogens is 1. The van der Waals surface area contributed by atoms with Crippen LogP contribution in [0, 0.1) is 19.8 Å². The summed E-state index contributed by atoms with van der Waals surface area (Å²) in [7, 11) is 0. The van der Waals surface area contributed by atoms with Crippen LogP contribution in [0.1, 0.15) is 46.5 Å². The fraction of sp³-hybridized carbons (Fsp3) is 0.316. The summed E-state index contributed by atoms with van der Waals surface area (Å²) in [5.41, 5.74) is 8.81. The molecule has 3 aromatic rings. The number of hydrogen-bond acceptors (Lipinski definition) is 6. The van der Waals surface area contributed by atoms with E-state index < -0.39 is 0 Å². The van der Waals surface area contributed by atoms with E-state index in [-0.39, 0.29) is 35.9 Å². The molecule has 0 fully saturated rings. The normalized spacial score (nSPS) is 12.1. The number of rotatable bonds is 4. The standard InChI is InChI=1S/C19H21N3O3S.ClH/c1-9(2)17(20)19-22-14(8-26-19)18(24)21-13-7-12-10(3)6-16(23)25-15(12)5-11(13)4;/h5-9,17H,20H2,1-4H3,(H,21,24);1H/t17-;/m1./s1. The molecule has 0 saturated carbocycles. The van der Waals surface area contributed by atoms with E-state index in [4.69, 9.17) is 10.2 Å². The van der Waals surface area contributed by atoms with Crippen molar-refractivity contribution in [2.24, 2.45) is 11.7 Å². The number of thiazole rings is 1. The second kappa shape index (κ2) is 8.21. The van der Waals surface area contributed by atoms with Crippen molar-refractivity contribution in [3.8, 4) is 0 Å². The fourth-order valence-corrected chi connectivity index (χ4v) is 3.59. The predicted molar refractivity (Wildman–Crippen MR) is 111 cm³/mol. The van der Waals surface area contributed by atoms with Gasteiger partial charge in [-0.2, -0.15) is 0 Å². The van der Waals surface area contributed by atoms with E-state index in [1.165, 1.54) is 17.4 Å². The van der Waals surface area contributed by atoms with Gasteiger partial charge in [0, 0.05) is 22.5 Å². The molecule has 0 aliphatic heterocycles. The molecule has 0 aliphatic rings. The van der Waals surface area contributed by atoms with Crippen molar-refractivity contribution >= 4 is 46.3 Å². The number of aryl methyl sites for hydroxylation is 2. The lowest BCUT2D eigenvalue weighted by Gasteiger charge is -2.12. The highest BCUT2D eigenvalue weighted by Crippen LogP contribution is 2.26. The van der Waals surface area contributed by atoms with Gasteiger partial charge >= 0.3 is 5.63 Å². The van der Waals surface area contributed by atoms with Crippen molar-refractivity contribution in [3.05, 3.63) is 55.8 Å². The van der Waals surface area contributed by atoms with Crippen LogP contribution in [0.3, 0.4) is 0 Å². The Kier molecular flexibility index (Phi) is 6.41. The Hall–Kier alpha value is -2.22. The van der Waals surface area contributed by atoms with Gasteiger partial charge in [0.2, 0.25) is 0 Å². The number of nitrogens with one attached hydrogen (secondary N) is 1. The van der Waals surface area contributed by atoms with Crippen LogP contribution in [0.2, 0.25) is 0 Å². The molecule has 0 aliphatic carbocycles. The van der Waals surface area contributed by atoms with Gasteiger partial charge in [0.15, 0.2) is 0 Å². The van der Waals surface area contributed by atoms with Crippen LogP contribution in [-0.2, 0) is 0 Å². The molecule has 2 heterocycles. The zero-order chi connectivity index (χ0) is 19.0. The first-order valence-electron chi connectivity index (χ1n) is 8.33. The summed E-state index contributed by atoms with van der Waals surface area (Å²) >= 11 is 1.39. The number of benzene rings is 1. The van der Waals surface area contributed by atoms with Gasteiger partial charge in [-0.15, -0.1) is 23.7 Å². The van der Waals surface area contributed by atoms with E-state index in [1.807, 2.05) is 33.8 Å². The fourth-order valence-electron chi connectivity index (χ4n) is 2.62. The zero-order valence-corrected chi connectivity index (χ0v) is 17.2. The summed E-state index contributed by atoms with van der Waals surface area (Å²) in [6.07, 6.45) is 0. The third kappa shape index (κ3) is 4.37. The van der Waals surface area contributed by atoms with Gasteiger partial charge in [-0.3, -0.25) is 4.79 Å². The molecule has 144 valence electrons. The number of amides is 1. The SMILES string of the molecule is Cc1cc2oc(=O)cc(C)c2cc1NC(=O)c1csc([C@H](N)C(C)C)n1.Cl. The van der Waals surface area contributed by atoms with Crippen molar-refractivity contribution in [1.29, 1.82) is 0 Å². The summed E-state index contributed by atoms with van der Waals surface area (Å²) in [6.45, 7) is 7.72. The number of hydrogen-bond donors (Lipinski definition) is 2. The van der Waals surface area contributed by atoms with Gasteiger partial charge in [-0.1, -0.05) is 13.8 Å². The smallest absolute Gasteiger partial charge is 0.336 e. The quantitative estimate of drug-likeness (QED) is 0.631. The van der Waals surface area contributed by atoms with E-state index in [9.17, 15) is 9.59 Å². The molecule has 0 radical (unpaired) electrons. The van der Waals surface area contributed by atoms with Crippen LogP contribution in [0.15, 0.2) is 32.8 Å². The Morgan fingerprint density at radius 1 is 1.22 bits per heavy atom. The largest absolute Gasteiger partial charge is 0.423 e. The molecular formula is C19H22ClN3O3S. The van der Waals surface area contributed by atoms with E-state index in [2.05, 4.69) is 10.3 Å². The van der Waals surface area contributed by atoms with E-state index >= 15 is 0 Å². The first-order chi connectivity index (χ1) is 12.3. The second-order valence-corrected chi connectivity index (χ2v) is 7.60. The molecule has 8 heteroatoms. The maximum Gasteiger partial charge on any atom is 0.336 e. The van der Waals surface area contributed by atoms with Gasteiger partial charge < -0.3 is 15.5 Å². The molecule has 3 N–H and O–H groups in total. The van der Waals surface area contributed by atoms with Crippen molar-refractivity contribution in [1.82, 2.24) is 4.98 Å². The van der Waals surface area contributed by atoms with Crippen LogP contribution >= 0.6 is 23.7 Å². The predicted octanol–water partition coefficient (Wildman–Crippen LogP) is 4.20. The highest BCUT2D eigenvalue weighted by Gasteiger charge is 2.18. The van der Waals surface area contributed by atoms with Gasteiger partial charge in [0.25, 0.3) is 5.91 Å². The van der Waals surface area contributed by atoms with Crippen LogP contribution in [0.25, 0.3) is 11.0 Å². The van der Waals surface area contributed by atoms with E-state index in [1.54, 1.807) is 11.4 Å². The summed E-state index contributed by atoms with van der Waals surface area (Å²) in [5.74, 6) is -0.0432. The lowest BCUT2D eigenvalue weighted by Crippen LogP contribution is -2.18. The van der Waals surface area contributed by atoms with E-state index in [0.717, 1.165) is 21.5 Å². The maximum absolute atomic E-state index is 12.6. The number of carbonyl (C=O) groups excluding carboxylic acids is 1. The summed E-state index contributed by atoms with van der Waals surface area (Å²) < 4.78 is 5.23. The highest BCUT2D eigenvalue weighted by molar-refractivity contribution is 7.09. The molecule has 0 saturated heterocycles. The van der Waals surface area contributed by atoms with Crippen molar-refractivity contribution < 1.29 is 9.21 Å². The highest BCUT2D eigenvalue weighted by atomic mass is 35.5. The molecule has 1 aromatic carbocycles. The van der Waals surface area contributed by atoms with Crippen LogP contribution in [0.4, 0.5) is 5.69 Å². The summed E-state index contributed by atoms with van der Waals surface area (Å²) in [5, 5.41) is 6.13. The minimum Gasteiger partial charge on any atom is -0.423 e. The lowest BCUT2D eigenvalue weighted by molar-refractivity contribution is 0.102. The molecule has 1 amide bonds. The lowest BCUT2D eigenvalue weighted by atomic mass is 10.1. The third-order valence-corrected chi connectivity index (χ3v) is 5.25. The summed E-state index contributed by atoms with van der Waals surface area (Å²) in [4.78, 5) is 28.5. The molecule has 3 rings (SSSR count). The molecule has 2 aromatic heterocycles.